The smallest absolute Gasteiger partial charge is 0.407 e. The molecule has 6 unspecified atom stereocenters. The summed E-state index contributed by atoms with van der Waals surface area (Å²) in [5.41, 5.74) is -5.63. The largest absolute Gasteiger partial charge is 0.462 e. The number of hydrogen-bond acceptors (Lipinski definition) is 15. The van der Waals surface area contributed by atoms with Gasteiger partial charge in [-0.3, -0.25) is 4.79 Å². The molecule has 3 saturated carbocycles. The van der Waals surface area contributed by atoms with Crippen LogP contribution in [0.15, 0.2) is 52.3 Å². The molecule has 0 saturated heterocycles. The van der Waals surface area contributed by atoms with E-state index in [-0.39, 0.29) is 87.9 Å². The summed E-state index contributed by atoms with van der Waals surface area (Å²) < 4.78 is 34.2. The lowest BCUT2D eigenvalue weighted by atomic mass is 9.60. The summed E-state index contributed by atoms with van der Waals surface area (Å²) in [5.74, 6) is -2.59. The zero-order valence-corrected chi connectivity index (χ0v) is 44.0. The highest BCUT2D eigenvalue weighted by atomic mass is 16.6. The van der Waals surface area contributed by atoms with Gasteiger partial charge in [-0.25, -0.2) is 52.1 Å². The lowest BCUT2D eigenvalue weighted by Gasteiger charge is -2.48. The highest BCUT2D eigenvalue weighted by Crippen LogP contribution is 2.51. The quantitative estimate of drug-likeness (QED) is 0.0608. The topological polar surface area (TPSA) is 248 Å². The van der Waals surface area contributed by atoms with Crippen LogP contribution < -0.4 is 27.7 Å². The van der Waals surface area contributed by atoms with Crippen molar-refractivity contribution in [3.8, 4) is 0 Å². The molecule has 3 aliphatic rings. The van der Waals surface area contributed by atoms with Gasteiger partial charge < -0.3 is 39.1 Å². The van der Waals surface area contributed by atoms with Crippen molar-refractivity contribution < 1.29 is 57.2 Å². The third-order valence-electron chi connectivity index (χ3n) is 13.7. The van der Waals surface area contributed by atoms with Gasteiger partial charge in [-0.05, 0) is 96.2 Å². The van der Waals surface area contributed by atoms with E-state index in [9.17, 15) is 28.8 Å². The van der Waals surface area contributed by atoms with Crippen LogP contribution in [0.2, 0.25) is 0 Å². The van der Waals surface area contributed by atoms with E-state index in [2.05, 4.69) is 44.2 Å². The molecule has 2 amide bonds. The Balaban J connectivity index is 1.72. The van der Waals surface area contributed by atoms with E-state index in [0.717, 1.165) is 27.4 Å². The van der Waals surface area contributed by atoms with Crippen LogP contribution in [0.5, 0.6) is 0 Å². The molecule has 0 aromatic carbocycles. The van der Waals surface area contributed by atoms with Gasteiger partial charge in [0.05, 0.1) is 0 Å². The average Bonchev–Trinajstić information content (AvgIpc) is 3.24. The summed E-state index contributed by atoms with van der Waals surface area (Å²) in [5, 5.41) is 5.85. The van der Waals surface area contributed by atoms with E-state index in [4.69, 9.17) is 28.4 Å². The number of amides is 2. The van der Waals surface area contributed by atoms with E-state index in [1.54, 1.807) is 0 Å². The molecule has 2 N–H and O–H groups in total. The second-order valence-corrected chi connectivity index (χ2v) is 23.6. The molecule has 1 aromatic heterocycles. The lowest BCUT2D eigenvalue weighted by molar-refractivity contribution is -0.151. The highest BCUT2D eigenvalue weighted by molar-refractivity contribution is 5.82. The van der Waals surface area contributed by atoms with Crippen molar-refractivity contribution in [3.63, 3.8) is 0 Å². The van der Waals surface area contributed by atoms with Crippen LogP contribution in [0.3, 0.4) is 0 Å². The number of hydrogen-bond donors (Lipinski definition) is 2. The SMILES string of the molecule is C=CC(=O)OCCOC(=O)CC1CC(C)(C)CC(C)(Cn2c(=O)n(CC3(C)CC(NC(=O)OCCOC(=O)C=C)CC(C)(C)C3)c(=O)n(CC3(C)CC(NC(=O)OCCOC(=O)C=C)CC(C)(C)C3)c2=O)C1. The van der Waals surface area contributed by atoms with Crippen LogP contribution >= 0.6 is 0 Å². The Morgan fingerprint density at radius 2 is 0.778 bits per heavy atom. The van der Waals surface area contributed by atoms with Crippen molar-refractivity contribution in [2.24, 2.45) is 38.4 Å². The van der Waals surface area contributed by atoms with E-state index in [1.807, 2.05) is 48.5 Å². The van der Waals surface area contributed by atoms with Crippen LogP contribution in [-0.2, 0) is 67.2 Å². The maximum atomic E-state index is 15.1. The minimum absolute atomic E-state index is 0.0574. The predicted molar refractivity (Wildman–Crippen MR) is 266 cm³/mol. The van der Waals surface area contributed by atoms with E-state index < -0.39 is 81.5 Å². The molecular weight excluding hydrogens is 935 g/mol. The van der Waals surface area contributed by atoms with Gasteiger partial charge in [-0.15, -0.1) is 0 Å². The van der Waals surface area contributed by atoms with Crippen molar-refractivity contribution in [2.45, 2.75) is 158 Å². The van der Waals surface area contributed by atoms with Gasteiger partial charge in [0, 0.05) is 56.4 Å². The third-order valence-corrected chi connectivity index (χ3v) is 13.7. The summed E-state index contributed by atoms with van der Waals surface area (Å²) in [6.07, 6.45) is 6.33. The first kappa shape index (κ1) is 58.6. The maximum Gasteiger partial charge on any atom is 0.407 e. The molecule has 20 heteroatoms. The normalized spacial score (nSPS) is 26.1. The predicted octanol–water partition coefficient (Wildman–Crippen LogP) is 5.75. The van der Waals surface area contributed by atoms with Gasteiger partial charge in [0.25, 0.3) is 0 Å². The molecule has 20 nitrogen and oxygen atoms in total. The molecule has 0 bridgehead atoms. The number of ether oxygens (including phenoxy) is 6. The Hall–Kier alpha value is -5.95. The van der Waals surface area contributed by atoms with Crippen molar-refractivity contribution in [1.29, 1.82) is 0 Å². The Morgan fingerprint density at radius 3 is 1.12 bits per heavy atom. The van der Waals surface area contributed by atoms with Crippen LogP contribution in [0, 0.1) is 38.4 Å². The molecule has 72 heavy (non-hydrogen) atoms. The first-order chi connectivity index (χ1) is 33.4. The van der Waals surface area contributed by atoms with E-state index >= 15 is 14.4 Å². The number of rotatable bonds is 22. The Bertz CT molecular complexity index is 2090. The van der Waals surface area contributed by atoms with Gasteiger partial charge in [0.2, 0.25) is 0 Å². The summed E-state index contributed by atoms with van der Waals surface area (Å²) in [4.78, 5) is 119. The minimum Gasteiger partial charge on any atom is -0.462 e. The van der Waals surface area contributed by atoms with Gasteiger partial charge in [-0.1, -0.05) is 82.1 Å². The number of carbonyl (C=O) groups excluding carboxylic acids is 6. The summed E-state index contributed by atoms with van der Waals surface area (Å²) in [6, 6.07) is -0.858. The second-order valence-electron chi connectivity index (χ2n) is 23.6. The van der Waals surface area contributed by atoms with E-state index in [1.165, 1.54) is 4.57 Å². The molecular formula is C52H79N5O15. The Labute approximate surface area is 422 Å². The summed E-state index contributed by atoms with van der Waals surface area (Å²) in [7, 11) is 0. The summed E-state index contributed by atoms with van der Waals surface area (Å²) >= 11 is 0. The van der Waals surface area contributed by atoms with Crippen molar-refractivity contribution >= 4 is 36.1 Å². The van der Waals surface area contributed by atoms with Gasteiger partial charge in [0.1, 0.15) is 39.6 Å². The fourth-order valence-electron chi connectivity index (χ4n) is 12.8. The first-order valence-corrected chi connectivity index (χ1v) is 24.8. The average molecular weight is 1010 g/mol. The maximum absolute atomic E-state index is 15.1. The van der Waals surface area contributed by atoms with Crippen molar-refractivity contribution in [2.75, 3.05) is 39.6 Å². The van der Waals surface area contributed by atoms with Crippen LogP contribution in [0.25, 0.3) is 0 Å². The fourth-order valence-corrected chi connectivity index (χ4v) is 12.8. The molecule has 0 radical (unpaired) electrons. The van der Waals surface area contributed by atoms with Crippen LogP contribution in [0.4, 0.5) is 9.59 Å². The van der Waals surface area contributed by atoms with E-state index in [0.29, 0.717) is 57.8 Å². The number of carbonyl (C=O) groups is 6. The van der Waals surface area contributed by atoms with Gasteiger partial charge in [-0.2, -0.15) is 0 Å². The lowest BCUT2D eigenvalue weighted by Crippen LogP contribution is -2.60. The zero-order chi connectivity index (χ0) is 53.9. The van der Waals surface area contributed by atoms with Crippen molar-refractivity contribution in [1.82, 2.24) is 24.3 Å². The number of nitrogens with one attached hydrogen (secondary N) is 2. The Morgan fingerprint density at radius 1 is 0.472 bits per heavy atom. The van der Waals surface area contributed by atoms with Crippen LogP contribution in [-0.4, -0.2) is 101 Å². The second kappa shape index (κ2) is 24.2. The number of esters is 4. The molecule has 6 atom stereocenters. The number of aromatic nitrogens is 3. The molecule has 1 heterocycles. The third kappa shape index (κ3) is 17.7. The molecule has 0 aliphatic heterocycles. The fraction of sp³-hybridized carbons (Fsp3) is 0.712. The summed E-state index contributed by atoms with van der Waals surface area (Å²) in [6.45, 7) is 27.1. The molecule has 1 aromatic rings. The standard InChI is InChI=1S/C52H79N5O15/c1-13-38(58)67-16-17-70-41(61)22-35-23-47(4,5)29-50(10,24-35)32-55-44(64)56(33-51(11)27-36(25-48(6,7)30-51)53-42(62)71-20-18-68-39(59)14-2)46(66)57(45(55)65)34-52(12)28-37(26-49(8,9)31-52)54-43(63)72-21-19-69-40(60)15-3/h13-15,35-37H,1-3,16-34H2,4-12H3,(H,53,62)(H,54,63). The van der Waals surface area contributed by atoms with Gasteiger partial charge in [0.15, 0.2) is 0 Å². The highest BCUT2D eigenvalue weighted by Gasteiger charge is 2.47. The molecule has 402 valence electrons. The van der Waals surface area contributed by atoms with Gasteiger partial charge >= 0.3 is 53.1 Å². The number of nitrogens with zero attached hydrogens (tertiary/aromatic N) is 3. The molecule has 0 spiro atoms. The zero-order valence-electron chi connectivity index (χ0n) is 44.0. The van der Waals surface area contributed by atoms with Crippen LogP contribution in [0.1, 0.15) is 127 Å². The van der Waals surface area contributed by atoms with Crippen molar-refractivity contribution in [3.05, 3.63) is 69.4 Å². The minimum atomic E-state index is -0.778. The molecule has 4 rings (SSSR count). The molecule has 3 fully saturated rings. The molecule has 3 aliphatic carbocycles. The monoisotopic (exact) mass is 1010 g/mol. The Kier molecular flexibility index (Phi) is 19.7. The number of alkyl carbamates (subject to hydrolysis) is 2. The first-order valence-electron chi connectivity index (χ1n) is 24.8.